The summed E-state index contributed by atoms with van der Waals surface area (Å²) in [6.45, 7) is 6.00. The maximum absolute atomic E-state index is 12.0. The monoisotopic (exact) mass is 422 g/mol. The van der Waals surface area contributed by atoms with Crippen molar-refractivity contribution < 1.29 is 24.0 Å². The van der Waals surface area contributed by atoms with Crippen LogP contribution >= 0.6 is 0 Å². The van der Waals surface area contributed by atoms with Gasteiger partial charge in [0.25, 0.3) is 5.69 Å². The normalized spacial score (nSPS) is 14.5. The number of nitro benzene ring substituents is 1. The van der Waals surface area contributed by atoms with Crippen LogP contribution in [0.2, 0.25) is 0 Å². The van der Waals surface area contributed by atoms with Crippen molar-refractivity contribution in [3.05, 3.63) is 93.2 Å². The van der Waals surface area contributed by atoms with E-state index in [0.717, 1.165) is 5.69 Å². The molecule has 0 amide bonds. The second kappa shape index (κ2) is 8.83. The third kappa shape index (κ3) is 4.32. The Bertz CT molecular complexity index is 1060. The predicted octanol–water partition coefficient (Wildman–Crippen LogP) is 4.79. The van der Waals surface area contributed by atoms with Crippen LogP contribution in [-0.4, -0.2) is 16.9 Å². The molecule has 3 rings (SSSR count). The number of carbonyl (C=O) groups excluding carboxylic acids is 2. The van der Waals surface area contributed by atoms with Crippen molar-refractivity contribution in [2.75, 3.05) is 4.90 Å². The van der Waals surface area contributed by atoms with Gasteiger partial charge in [-0.15, -0.1) is 0 Å². The number of hydrogen-bond donors (Lipinski definition) is 0. The molecule has 0 aromatic heterocycles. The molecule has 0 spiro atoms. The molecule has 0 bridgehead atoms. The number of para-hydroxylation sites is 2. The van der Waals surface area contributed by atoms with Crippen LogP contribution < -0.4 is 4.90 Å². The Hall–Kier alpha value is -3.94. The predicted molar refractivity (Wildman–Crippen MR) is 114 cm³/mol. The second-order valence-corrected chi connectivity index (χ2v) is 7.01. The summed E-state index contributed by atoms with van der Waals surface area (Å²) in [4.78, 5) is 36.9. The van der Waals surface area contributed by atoms with Crippen molar-refractivity contribution in [3.8, 4) is 0 Å². The van der Waals surface area contributed by atoms with E-state index in [1.54, 1.807) is 36.9 Å². The van der Waals surface area contributed by atoms with Gasteiger partial charge in [-0.25, -0.2) is 0 Å². The molecular formula is C23H22N2O6. The lowest BCUT2D eigenvalue weighted by molar-refractivity contribution is -0.385. The molecule has 0 saturated carbocycles. The summed E-state index contributed by atoms with van der Waals surface area (Å²) in [5.41, 5.74) is 1.95. The van der Waals surface area contributed by atoms with Gasteiger partial charge in [0.15, 0.2) is 0 Å². The first-order valence-corrected chi connectivity index (χ1v) is 9.59. The summed E-state index contributed by atoms with van der Waals surface area (Å²) >= 11 is 0. The van der Waals surface area contributed by atoms with E-state index in [-0.39, 0.29) is 22.8 Å². The molecule has 0 aliphatic carbocycles. The SMILES string of the molecule is CC(=O)OC1=C(C)N(c2ccccc2)C(C)=C(OC(C)=O)C1c1ccccc1[N+](=O)[O-]. The number of anilines is 1. The molecule has 0 fully saturated rings. The van der Waals surface area contributed by atoms with Crippen molar-refractivity contribution in [2.45, 2.75) is 33.6 Å². The van der Waals surface area contributed by atoms with Gasteiger partial charge < -0.3 is 14.4 Å². The third-order valence-electron chi connectivity index (χ3n) is 4.87. The molecular weight excluding hydrogens is 400 g/mol. The fraction of sp³-hybridized carbons (Fsp3) is 0.217. The van der Waals surface area contributed by atoms with Gasteiger partial charge in [-0.2, -0.15) is 0 Å². The molecule has 2 aromatic carbocycles. The quantitative estimate of drug-likeness (QED) is 0.388. The fourth-order valence-corrected chi connectivity index (χ4v) is 3.73. The molecule has 1 aliphatic rings. The largest absolute Gasteiger partial charge is 0.428 e. The number of carbonyl (C=O) groups is 2. The zero-order chi connectivity index (χ0) is 22.7. The van der Waals surface area contributed by atoms with E-state index in [1.807, 2.05) is 30.3 Å². The van der Waals surface area contributed by atoms with Crippen LogP contribution in [0.3, 0.4) is 0 Å². The minimum absolute atomic E-state index is 0.160. The van der Waals surface area contributed by atoms with Gasteiger partial charge in [0.2, 0.25) is 0 Å². The number of ether oxygens (including phenoxy) is 2. The van der Waals surface area contributed by atoms with Crippen LogP contribution in [0, 0.1) is 10.1 Å². The average molecular weight is 422 g/mol. The number of benzene rings is 2. The van der Waals surface area contributed by atoms with Crippen LogP contribution in [0.1, 0.15) is 39.2 Å². The van der Waals surface area contributed by atoms with E-state index >= 15 is 0 Å². The molecule has 31 heavy (non-hydrogen) atoms. The van der Waals surface area contributed by atoms with E-state index in [2.05, 4.69) is 0 Å². The van der Waals surface area contributed by atoms with Crippen molar-refractivity contribution in [1.29, 1.82) is 0 Å². The molecule has 8 nitrogen and oxygen atoms in total. The van der Waals surface area contributed by atoms with Crippen LogP contribution in [0.15, 0.2) is 77.5 Å². The first-order valence-electron chi connectivity index (χ1n) is 9.59. The summed E-state index contributed by atoms with van der Waals surface area (Å²) in [5.74, 6) is -1.81. The highest BCUT2D eigenvalue weighted by atomic mass is 16.6. The van der Waals surface area contributed by atoms with Crippen LogP contribution in [0.4, 0.5) is 11.4 Å². The van der Waals surface area contributed by atoms with Gasteiger partial charge in [0.05, 0.1) is 16.3 Å². The third-order valence-corrected chi connectivity index (χ3v) is 4.87. The molecule has 8 heteroatoms. The lowest BCUT2D eigenvalue weighted by atomic mass is 9.88. The molecule has 1 aliphatic heterocycles. The summed E-state index contributed by atoms with van der Waals surface area (Å²) in [6, 6.07) is 15.4. The maximum Gasteiger partial charge on any atom is 0.307 e. The van der Waals surface area contributed by atoms with Crippen LogP contribution in [0.25, 0.3) is 0 Å². The number of nitrogens with zero attached hydrogens (tertiary/aromatic N) is 2. The van der Waals surface area contributed by atoms with Gasteiger partial charge in [0.1, 0.15) is 17.4 Å². The number of rotatable bonds is 5. The van der Waals surface area contributed by atoms with Crippen molar-refractivity contribution in [1.82, 2.24) is 0 Å². The molecule has 0 saturated heterocycles. The molecule has 0 radical (unpaired) electrons. The fourth-order valence-electron chi connectivity index (χ4n) is 3.73. The molecule has 2 aromatic rings. The smallest absolute Gasteiger partial charge is 0.307 e. The van der Waals surface area contributed by atoms with Crippen molar-refractivity contribution in [2.24, 2.45) is 0 Å². The lowest BCUT2D eigenvalue weighted by Gasteiger charge is -2.37. The summed E-state index contributed by atoms with van der Waals surface area (Å²) < 4.78 is 11.1. The van der Waals surface area contributed by atoms with Gasteiger partial charge in [-0.1, -0.05) is 36.4 Å². The van der Waals surface area contributed by atoms with E-state index in [1.165, 1.54) is 19.9 Å². The van der Waals surface area contributed by atoms with E-state index in [9.17, 15) is 19.7 Å². The highest BCUT2D eigenvalue weighted by Crippen LogP contribution is 2.46. The van der Waals surface area contributed by atoms with E-state index in [0.29, 0.717) is 11.4 Å². The number of esters is 2. The summed E-state index contributed by atoms with van der Waals surface area (Å²) in [6.07, 6.45) is 0. The Kier molecular flexibility index (Phi) is 6.20. The van der Waals surface area contributed by atoms with Gasteiger partial charge >= 0.3 is 11.9 Å². The Balaban J connectivity index is 2.33. The maximum atomic E-state index is 12.0. The molecule has 0 N–H and O–H groups in total. The van der Waals surface area contributed by atoms with Gasteiger partial charge in [0, 0.05) is 31.2 Å². The summed E-state index contributed by atoms with van der Waals surface area (Å²) in [7, 11) is 0. The topological polar surface area (TPSA) is 99.0 Å². The molecule has 1 heterocycles. The average Bonchev–Trinajstić information content (AvgIpc) is 2.72. The Morgan fingerprint density at radius 3 is 1.84 bits per heavy atom. The highest BCUT2D eigenvalue weighted by Gasteiger charge is 2.40. The van der Waals surface area contributed by atoms with Gasteiger partial charge in [-0.05, 0) is 26.0 Å². The number of nitro groups is 1. The Labute approximate surface area is 179 Å². The highest BCUT2D eigenvalue weighted by molar-refractivity contribution is 5.73. The standard InChI is InChI=1S/C23H22N2O6/c1-14-22(30-16(3)26)21(19-12-8-9-13-20(19)25(28)29)23(31-17(4)27)15(2)24(14)18-10-6-5-7-11-18/h5-13,21H,1-4H3. The van der Waals surface area contributed by atoms with E-state index < -0.39 is 22.8 Å². The Morgan fingerprint density at radius 2 is 1.35 bits per heavy atom. The van der Waals surface area contributed by atoms with Crippen molar-refractivity contribution >= 4 is 23.3 Å². The summed E-state index contributed by atoms with van der Waals surface area (Å²) in [5, 5.41) is 11.7. The van der Waals surface area contributed by atoms with Crippen LogP contribution in [0.5, 0.6) is 0 Å². The zero-order valence-corrected chi connectivity index (χ0v) is 17.6. The number of allylic oxidation sites excluding steroid dienone is 2. The second-order valence-electron chi connectivity index (χ2n) is 7.01. The van der Waals surface area contributed by atoms with Crippen molar-refractivity contribution in [3.63, 3.8) is 0 Å². The zero-order valence-electron chi connectivity index (χ0n) is 17.6. The number of hydrogen-bond acceptors (Lipinski definition) is 7. The van der Waals surface area contributed by atoms with E-state index in [4.69, 9.17) is 9.47 Å². The minimum atomic E-state index is -0.950. The first-order chi connectivity index (χ1) is 14.7. The van der Waals surface area contributed by atoms with Gasteiger partial charge in [-0.3, -0.25) is 19.7 Å². The Morgan fingerprint density at radius 1 is 0.871 bits per heavy atom. The van der Waals surface area contributed by atoms with Crippen LogP contribution in [-0.2, 0) is 19.1 Å². The molecule has 0 unspecified atom stereocenters. The minimum Gasteiger partial charge on any atom is -0.428 e. The molecule has 160 valence electrons. The molecule has 0 atom stereocenters. The first kappa shape index (κ1) is 21.8. The lowest BCUT2D eigenvalue weighted by Crippen LogP contribution is -2.32.